The first kappa shape index (κ1) is 14.7. The SMILES string of the molecule is CCCCC1([N+](=O)[O-])C(=O)c2cccc3c2N(CCC3)C1=O. The molecule has 0 bridgehead atoms. The van der Waals surface area contributed by atoms with Gasteiger partial charge in [-0.25, -0.2) is 0 Å². The van der Waals surface area contributed by atoms with E-state index in [-0.39, 0.29) is 6.42 Å². The second-order valence-electron chi connectivity index (χ2n) is 5.92. The second kappa shape index (κ2) is 5.19. The van der Waals surface area contributed by atoms with Crippen LogP contribution in [0.15, 0.2) is 18.2 Å². The number of Topliss-reactive ketones (excluding diaryl/α,β-unsaturated/α-hetero) is 1. The fourth-order valence-electron chi connectivity index (χ4n) is 3.49. The third-order valence-corrected chi connectivity index (χ3v) is 4.64. The van der Waals surface area contributed by atoms with Gasteiger partial charge in [0.15, 0.2) is 0 Å². The lowest BCUT2D eigenvalue weighted by atomic mass is 9.77. The summed E-state index contributed by atoms with van der Waals surface area (Å²) in [6.07, 6.45) is 2.69. The van der Waals surface area contributed by atoms with Gasteiger partial charge in [0.25, 0.3) is 5.78 Å². The van der Waals surface area contributed by atoms with Crippen LogP contribution in [0.1, 0.15) is 48.5 Å². The molecule has 1 aromatic carbocycles. The molecule has 116 valence electrons. The van der Waals surface area contributed by atoms with E-state index in [1.54, 1.807) is 12.1 Å². The molecule has 2 aliphatic rings. The molecule has 0 N–H and O–H groups in total. The lowest BCUT2D eigenvalue weighted by Gasteiger charge is -2.39. The minimum absolute atomic E-state index is 0.0334. The van der Waals surface area contributed by atoms with Gasteiger partial charge in [0.1, 0.15) is 0 Å². The number of nitro groups is 1. The smallest absolute Gasteiger partial charge is 0.305 e. The van der Waals surface area contributed by atoms with Crippen molar-refractivity contribution in [2.45, 2.75) is 44.6 Å². The molecule has 6 nitrogen and oxygen atoms in total. The molecule has 1 unspecified atom stereocenters. The summed E-state index contributed by atoms with van der Waals surface area (Å²) in [5.41, 5.74) is -0.292. The predicted octanol–water partition coefficient (Wildman–Crippen LogP) is 2.37. The molecule has 3 rings (SSSR count). The first-order chi connectivity index (χ1) is 10.5. The van der Waals surface area contributed by atoms with Crippen LogP contribution in [0, 0.1) is 10.1 Å². The number of anilines is 1. The molecule has 0 saturated carbocycles. The van der Waals surface area contributed by atoms with E-state index >= 15 is 0 Å². The van der Waals surface area contributed by atoms with Crippen LogP contribution in [0.25, 0.3) is 0 Å². The summed E-state index contributed by atoms with van der Waals surface area (Å²) in [6.45, 7) is 2.33. The second-order valence-corrected chi connectivity index (χ2v) is 5.92. The van der Waals surface area contributed by atoms with Crippen molar-refractivity contribution in [3.05, 3.63) is 39.4 Å². The van der Waals surface area contributed by atoms with Crippen LogP contribution >= 0.6 is 0 Å². The normalized spacial score (nSPS) is 23.4. The van der Waals surface area contributed by atoms with Crippen LogP contribution in [-0.4, -0.2) is 28.7 Å². The van der Waals surface area contributed by atoms with E-state index < -0.39 is 22.2 Å². The Morgan fingerprint density at radius 2 is 2.14 bits per heavy atom. The zero-order chi connectivity index (χ0) is 15.9. The summed E-state index contributed by atoms with van der Waals surface area (Å²) in [5.74, 6) is -1.30. The number of aryl methyl sites for hydroxylation is 1. The number of carbonyl (C=O) groups excluding carboxylic acids is 2. The summed E-state index contributed by atoms with van der Waals surface area (Å²) in [5, 5.41) is 11.7. The number of nitrogens with zero attached hydrogens (tertiary/aromatic N) is 2. The number of benzene rings is 1. The van der Waals surface area contributed by atoms with Crippen LogP contribution in [0.2, 0.25) is 0 Å². The van der Waals surface area contributed by atoms with Crippen molar-refractivity contribution in [3.63, 3.8) is 0 Å². The van der Waals surface area contributed by atoms with E-state index in [9.17, 15) is 19.7 Å². The summed E-state index contributed by atoms with van der Waals surface area (Å²) >= 11 is 0. The van der Waals surface area contributed by atoms with Crippen molar-refractivity contribution in [2.24, 2.45) is 0 Å². The molecule has 0 fully saturated rings. The number of carbonyl (C=O) groups is 2. The highest BCUT2D eigenvalue weighted by molar-refractivity contribution is 6.27. The number of rotatable bonds is 4. The van der Waals surface area contributed by atoms with Gasteiger partial charge in [0.05, 0.1) is 5.69 Å². The largest absolute Gasteiger partial charge is 0.360 e. The average Bonchev–Trinajstić information content (AvgIpc) is 2.52. The molecule has 2 aliphatic heterocycles. The molecule has 6 heteroatoms. The Kier molecular flexibility index (Phi) is 3.47. The highest BCUT2D eigenvalue weighted by Gasteiger charge is 2.63. The van der Waals surface area contributed by atoms with Crippen molar-refractivity contribution in [3.8, 4) is 0 Å². The molecule has 0 aromatic heterocycles. The molecular weight excluding hydrogens is 284 g/mol. The van der Waals surface area contributed by atoms with Crippen molar-refractivity contribution in [2.75, 3.05) is 11.4 Å². The van der Waals surface area contributed by atoms with Gasteiger partial charge < -0.3 is 4.90 Å². The van der Waals surface area contributed by atoms with Gasteiger partial charge in [-0.05, 0) is 30.9 Å². The Morgan fingerprint density at radius 3 is 2.82 bits per heavy atom. The van der Waals surface area contributed by atoms with Crippen LogP contribution in [0.4, 0.5) is 5.69 Å². The third-order valence-electron chi connectivity index (χ3n) is 4.64. The molecule has 2 heterocycles. The van der Waals surface area contributed by atoms with Crippen molar-refractivity contribution in [1.82, 2.24) is 0 Å². The standard InChI is InChI=1S/C16H18N2O4/c1-2-3-9-16(18(21)22)14(19)12-8-4-6-11-7-5-10-17(13(11)12)15(16)20/h4,6,8H,2-3,5,7,9-10H2,1H3. The molecule has 22 heavy (non-hydrogen) atoms. The van der Waals surface area contributed by atoms with Gasteiger partial charge >= 0.3 is 11.4 Å². The number of hydrogen-bond donors (Lipinski definition) is 0. The number of amides is 1. The fraction of sp³-hybridized carbons (Fsp3) is 0.500. The zero-order valence-corrected chi connectivity index (χ0v) is 12.5. The number of para-hydroxylation sites is 1. The van der Waals surface area contributed by atoms with Gasteiger partial charge in [-0.2, -0.15) is 0 Å². The number of ketones is 1. The number of unbranched alkanes of at least 4 members (excludes halogenated alkanes) is 1. The van der Waals surface area contributed by atoms with Crippen LogP contribution < -0.4 is 4.90 Å². The van der Waals surface area contributed by atoms with Crippen molar-refractivity contribution >= 4 is 17.4 Å². The Labute approximate surface area is 128 Å². The van der Waals surface area contributed by atoms with E-state index in [0.717, 1.165) is 18.4 Å². The highest BCUT2D eigenvalue weighted by atomic mass is 16.6. The monoisotopic (exact) mass is 302 g/mol. The minimum Gasteiger partial charge on any atom is -0.305 e. The average molecular weight is 302 g/mol. The molecule has 0 saturated heterocycles. The Bertz CT molecular complexity index is 670. The van der Waals surface area contributed by atoms with Gasteiger partial charge in [0, 0.05) is 23.5 Å². The van der Waals surface area contributed by atoms with Crippen molar-refractivity contribution < 1.29 is 14.5 Å². The fourth-order valence-corrected chi connectivity index (χ4v) is 3.49. The van der Waals surface area contributed by atoms with Gasteiger partial charge in [-0.1, -0.05) is 25.5 Å². The van der Waals surface area contributed by atoms with Gasteiger partial charge in [-0.3, -0.25) is 19.7 Å². The first-order valence-electron chi connectivity index (χ1n) is 7.67. The lowest BCUT2D eigenvalue weighted by Crippen LogP contribution is -2.63. The maximum absolute atomic E-state index is 12.8. The Hall–Kier alpha value is -2.24. The van der Waals surface area contributed by atoms with Crippen LogP contribution in [0.5, 0.6) is 0 Å². The summed E-state index contributed by atoms with van der Waals surface area (Å²) < 4.78 is 0. The van der Waals surface area contributed by atoms with Gasteiger partial charge in [-0.15, -0.1) is 0 Å². The minimum atomic E-state index is -2.14. The van der Waals surface area contributed by atoms with E-state index in [0.29, 0.717) is 30.6 Å². The Morgan fingerprint density at radius 1 is 1.36 bits per heavy atom. The highest BCUT2D eigenvalue weighted by Crippen LogP contribution is 2.41. The van der Waals surface area contributed by atoms with Crippen molar-refractivity contribution in [1.29, 1.82) is 0 Å². The van der Waals surface area contributed by atoms with Crippen LogP contribution in [-0.2, 0) is 11.2 Å². The van der Waals surface area contributed by atoms with Crippen LogP contribution in [0.3, 0.4) is 0 Å². The van der Waals surface area contributed by atoms with E-state index in [1.165, 1.54) is 4.90 Å². The number of hydrogen-bond acceptors (Lipinski definition) is 4. The molecule has 0 aliphatic carbocycles. The third kappa shape index (κ3) is 1.79. The quantitative estimate of drug-likeness (QED) is 0.486. The molecule has 0 radical (unpaired) electrons. The molecule has 0 spiro atoms. The molecule has 1 amide bonds. The maximum Gasteiger partial charge on any atom is 0.360 e. The zero-order valence-electron chi connectivity index (χ0n) is 12.5. The summed E-state index contributed by atoms with van der Waals surface area (Å²) in [4.78, 5) is 38.2. The van der Waals surface area contributed by atoms with E-state index in [2.05, 4.69) is 0 Å². The maximum atomic E-state index is 12.8. The lowest BCUT2D eigenvalue weighted by molar-refractivity contribution is -0.534. The molecule has 1 atom stereocenters. The van der Waals surface area contributed by atoms with E-state index in [4.69, 9.17) is 0 Å². The predicted molar refractivity (Wildman–Crippen MR) is 80.7 cm³/mol. The van der Waals surface area contributed by atoms with Gasteiger partial charge in [0.2, 0.25) is 0 Å². The topological polar surface area (TPSA) is 80.5 Å². The van der Waals surface area contributed by atoms with E-state index in [1.807, 2.05) is 13.0 Å². The summed E-state index contributed by atoms with van der Waals surface area (Å²) in [7, 11) is 0. The molecular formula is C16H18N2O4. The molecule has 1 aromatic rings. The first-order valence-corrected chi connectivity index (χ1v) is 7.67. The Balaban J connectivity index is 2.21. The summed E-state index contributed by atoms with van der Waals surface area (Å²) in [6, 6.07) is 5.24.